The Kier molecular flexibility index (Phi) is 6.22. The third kappa shape index (κ3) is 4.96. The Hall–Kier alpha value is -0.120. The van der Waals surface area contributed by atoms with Crippen molar-refractivity contribution in [3.05, 3.63) is 0 Å². The lowest BCUT2D eigenvalue weighted by Gasteiger charge is -2.19. The summed E-state index contributed by atoms with van der Waals surface area (Å²) in [5, 5.41) is 3.44. The average molecular weight is 215 g/mol. The number of likely N-dealkylation sites (N-methyl/N-ethyl adjacent to an activating group) is 1. The Morgan fingerprint density at radius 2 is 2.27 bits per heavy atom. The van der Waals surface area contributed by atoms with Crippen LogP contribution in [0.25, 0.3) is 0 Å². The molecule has 0 saturated carbocycles. The van der Waals surface area contributed by atoms with Crippen LogP contribution >= 0.6 is 0 Å². The Bertz CT molecular complexity index is 158. The van der Waals surface area contributed by atoms with Crippen LogP contribution in [0.3, 0.4) is 0 Å². The van der Waals surface area contributed by atoms with Crippen LogP contribution in [0.15, 0.2) is 0 Å². The highest BCUT2D eigenvalue weighted by molar-refractivity contribution is 4.74. The van der Waals surface area contributed by atoms with Crippen molar-refractivity contribution < 1.29 is 9.47 Å². The maximum absolute atomic E-state index is 5.80. The molecule has 0 aromatic heterocycles. The topological polar surface area (TPSA) is 30.5 Å². The van der Waals surface area contributed by atoms with Crippen molar-refractivity contribution in [2.45, 2.75) is 57.8 Å². The third-order valence-electron chi connectivity index (χ3n) is 3.02. The summed E-state index contributed by atoms with van der Waals surface area (Å²) in [7, 11) is 1.76. The van der Waals surface area contributed by atoms with Gasteiger partial charge < -0.3 is 14.8 Å². The Labute approximate surface area is 93.5 Å². The molecule has 3 atom stereocenters. The molecule has 15 heavy (non-hydrogen) atoms. The molecule has 0 amide bonds. The lowest BCUT2D eigenvalue weighted by Crippen LogP contribution is -2.33. The monoisotopic (exact) mass is 215 g/mol. The number of nitrogens with one attached hydrogen (secondary N) is 1. The minimum atomic E-state index is 0.468. The van der Waals surface area contributed by atoms with Crippen LogP contribution in [0.4, 0.5) is 0 Å². The fourth-order valence-corrected chi connectivity index (χ4v) is 2.22. The van der Waals surface area contributed by atoms with Crippen LogP contribution < -0.4 is 5.32 Å². The summed E-state index contributed by atoms with van der Waals surface area (Å²) in [6.45, 7) is 6.11. The normalized spacial score (nSPS) is 28.2. The van der Waals surface area contributed by atoms with Gasteiger partial charge in [-0.3, -0.25) is 0 Å². The molecule has 3 nitrogen and oxygen atoms in total. The first kappa shape index (κ1) is 12.9. The summed E-state index contributed by atoms with van der Waals surface area (Å²) in [4.78, 5) is 0. The van der Waals surface area contributed by atoms with Gasteiger partial charge in [-0.1, -0.05) is 6.92 Å². The zero-order valence-corrected chi connectivity index (χ0v) is 10.3. The van der Waals surface area contributed by atoms with E-state index < -0.39 is 0 Å². The Morgan fingerprint density at radius 3 is 2.80 bits per heavy atom. The van der Waals surface area contributed by atoms with Crippen molar-refractivity contribution >= 4 is 0 Å². The molecule has 1 N–H and O–H groups in total. The first-order valence-corrected chi connectivity index (χ1v) is 6.14. The second kappa shape index (κ2) is 7.20. The maximum atomic E-state index is 5.80. The van der Waals surface area contributed by atoms with E-state index in [1.807, 2.05) is 0 Å². The van der Waals surface area contributed by atoms with Crippen molar-refractivity contribution in [3.63, 3.8) is 0 Å². The maximum Gasteiger partial charge on any atom is 0.0615 e. The number of rotatable bonds is 7. The number of hydrogen-bond acceptors (Lipinski definition) is 3. The van der Waals surface area contributed by atoms with E-state index in [0.717, 1.165) is 26.0 Å². The fraction of sp³-hybridized carbons (Fsp3) is 1.00. The van der Waals surface area contributed by atoms with Crippen molar-refractivity contribution in [1.29, 1.82) is 0 Å². The Balaban J connectivity index is 2.15. The minimum Gasteiger partial charge on any atom is -0.383 e. The minimum absolute atomic E-state index is 0.468. The standard InChI is InChI=1S/C12H25NO2/c1-4-13-11(9-14-3)6-8-12-7-5-10(2)15-12/h10-13H,4-9H2,1-3H3. The highest BCUT2D eigenvalue weighted by atomic mass is 16.5. The van der Waals surface area contributed by atoms with Gasteiger partial charge in [0.25, 0.3) is 0 Å². The van der Waals surface area contributed by atoms with E-state index in [1.54, 1.807) is 7.11 Å². The number of hydrogen-bond donors (Lipinski definition) is 1. The quantitative estimate of drug-likeness (QED) is 0.704. The Morgan fingerprint density at radius 1 is 1.47 bits per heavy atom. The van der Waals surface area contributed by atoms with Crippen molar-refractivity contribution in [2.75, 3.05) is 20.3 Å². The van der Waals surface area contributed by atoms with Gasteiger partial charge in [-0.2, -0.15) is 0 Å². The van der Waals surface area contributed by atoms with Gasteiger partial charge >= 0.3 is 0 Å². The molecule has 0 radical (unpaired) electrons. The molecule has 90 valence electrons. The van der Waals surface area contributed by atoms with Gasteiger partial charge in [0.2, 0.25) is 0 Å². The van der Waals surface area contributed by atoms with Crippen molar-refractivity contribution in [2.24, 2.45) is 0 Å². The summed E-state index contributed by atoms with van der Waals surface area (Å²) in [5.74, 6) is 0. The number of ether oxygens (including phenoxy) is 2. The predicted molar refractivity (Wildman–Crippen MR) is 62.1 cm³/mol. The highest BCUT2D eigenvalue weighted by Crippen LogP contribution is 2.23. The average Bonchev–Trinajstić information content (AvgIpc) is 2.61. The van der Waals surface area contributed by atoms with E-state index in [1.165, 1.54) is 12.8 Å². The van der Waals surface area contributed by atoms with Gasteiger partial charge in [-0.25, -0.2) is 0 Å². The van der Waals surface area contributed by atoms with E-state index in [2.05, 4.69) is 19.2 Å². The van der Waals surface area contributed by atoms with Crippen LogP contribution in [-0.2, 0) is 9.47 Å². The summed E-state index contributed by atoms with van der Waals surface area (Å²) < 4.78 is 11.0. The van der Waals surface area contributed by atoms with E-state index >= 15 is 0 Å². The molecular weight excluding hydrogens is 190 g/mol. The summed E-state index contributed by atoms with van der Waals surface area (Å²) >= 11 is 0. The highest BCUT2D eigenvalue weighted by Gasteiger charge is 2.22. The summed E-state index contributed by atoms with van der Waals surface area (Å²) in [6.07, 6.45) is 5.71. The third-order valence-corrected chi connectivity index (χ3v) is 3.02. The van der Waals surface area contributed by atoms with E-state index in [9.17, 15) is 0 Å². The smallest absolute Gasteiger partial charge is 0.0615 e. The molecule has 0 spiro atoms. The molecule has 0 aromatic carbocycles. The van der Waals surface area contributed by atoms with Crippen LogP contribution in [0.2, 0.25) is 0 Å². The molecule has 0 bridgehead atoms. The van der Waals surface area contributed by atoms with Crippen molar-refractivity contribution in [3.8, 4) is 0 Å². The lowest BCUT2D eigenvalue weighted by molar-refractivity contribution is 0.0456. The van der Waals surface area contributed by atoms with Crippen LogP contribution in [0.5, 0.6) is 0 Å². The first-order chi connectivity index (χ1) is 7.26. The SMILES string of the molecule is CCNC(CCC1CCC(C)O1)COC. The van der Waals surface area contributed by atoms with Gasteiger partial charge in [0, 0.05) is 13.2 Å². The zero-order valence-electron chi connectivity index (χ0n) is 10.3. The molecule has 1 rings (SSSR count). The van der Waals surface area contributed by atoms with Gasteiger partial charge in [0.1, 0.15) is 0 Å². The molecule has 0 aromatic rings. The summed E-state index contributed by atoms with van der Waals surface area (Å²) in [5.41, 5.74) is 0. The second-order valence-corrected chi connectivity index (χ2v) is 4.43. The fourth-order valence-electron chi connectivity index (χ4n) is 2.22. The van der Waals surface area contributed by atoms with Crippen LogP contribution in [0.1, 0.15) is 39.5 Å². The first-order valence-electron chi connectivity index (χ1n) is 6.14. The van der Waals surface area contributed by atoms with E-state index in [4.69, 9.17) is 9.47 Å². The van der Waals surface area contributed by atoms with Gasteiger partial charge in [-0.15, -0.1) is 0 Å². The molecule has 3 heteroatoms. The largest absolute Gasteiger partial charge is 0.383 e. The molecular formula is C12H25NO2. The van der Waals surface area contributed by atoms with Gasteiger partial charge in [0.15, 0.2) is 0 Å². The molecule has 1 aliphatic heterocycles. The van der Waals surface area contributed by atoms with Crippen LogP contribution in [-0.4, -0.2) is 38.5 Å². The molecule has 1 aliphatic rings. The molecule has 0 aliphatic carbocycles. The van der Waals surface area contributed by atoms with E-state index in [-0.39, 0.29) is 0 Å². The van der Waals surface area contributed by atoms with Crippen molar-refractivity contribution in [1.82, 2.24) is 5.32 Å². The predicted octanol–water partition coefficient (Wildman–Crippen LogP) is 1.96. The molecule has 1 saturated heterocycles. The van der Waals surface area contributed by atoms with E-state index in [0.29, 0.717) is 18.2 Å². The summed E-state index contributed by atoms with van der Waals surface area (Å²) in [6, 6.07) is 0.486. The molecule has 1 fully saturated rings. The lowest BCUT2D eigenvalue weighted by atomic mass is 10.1. The second-order valence-electron chi connectivity index (χ2n) is 4.43. The van der Waals surface area contributed by atoms with Gasteiger partial charge in [0.05, 0.1) is 18.8 Å². The van der Waals surface area contributed by atoms with Crippen LogP contribution in [0, 0.1) is 0 Å². The molecule has 3 unspecified atom stereocenters. The zero-order chi connectivity index (χ0) is 11.1. The number of methoxy groups -OCH3 is 1. The molecule has 1 heterocycles. The van der Waals surface area contributed by atoms with Gasteiger partial charge in [-0.05, 0) is 39.2 Å².